The highest BCUT2D eigenvalue weighted by molar-refractivity contribution is 9.10. The number of nitrogens with zero attached hydrogens (tertiary/aromatic N) is 5. The molecule has 1 amide bonds. The van der Waals surface area contributed by atoms with Gasteiger partial charge in [0.1, 0.15) is 18.3 Å². The summed E-state index contributed by atoms with van der Waals surface area (Å²) in [4.78, 5) is 29.8. The van der Waals surface area contributed by atoms with Gasteiger partial charge < -0.3 is 10.2 Å². The molecule has 2 heterocycles. The molecule has 154 valence electrons. The molecule has 1 aromatic heterocycles. The standard InChI is InChI=1S/C20H19BrN6O3/c21-15-5-6-17(26-13-22-12-23-26)16(11-15)24-20(28)14-7-9-25(10-8-14)18-3-1-2-4-19(18)27(29)30/h1-6,11-14H,7-10H2,(H,24,28). The van der Waals surface area contributed by atoms with Crippen LogP contribution < -0.4 is 10.2 Å². The zero-order chi connectivity index (χ0) is 21.1. The van der Waals surface area contributed by atoms with Crippen LogP contribution >= 0.6 is 15.9 Å². The molecule has 4 rings (SSSR count). The Hall–Kier alpha value is -3.27. The van der Waals surface area contributed by atoms with Crippen molar-refractivity contribution in [2.45, 2.75) is 12.8 Å². The molecule has 0 unspecified atom stereocenters. The molecule has 2 aromatic carbocycles. The number of carbonyl (C=O) groups excluding carboxylic acids is 1. The van der Waals surface area contributed by atoms with Gasteiger partial charge in [-0.25, -0.2) is 9.67 Å². The minimum absolute atomic E-state index is 0.0725. The van der Waals surface area contributed by atoms with Crippen LogP contribution in [0.1, 0.15) is 12.8 Å². The predicted molar refractivity (Wildman–Crippen MR) is 116 cm³/mol. The third kappa shape index (κ3) is 4.18. The fraction of sp³-hybridized carbons (Fsp3) is 0.250. The number of anilines is 2. The van der Waals surface area contributed by atoms with Crippen molar-refractivity contribution < 1.29 is 9.72 Å². The van der Waals surface area contributed by atoms with E-state index in [9.17, 15) is 14.9 Å². The number of amides is 1. The van der Waals surface area contributed by atoms with E-state index in [1.807, 2.05) is 23.1 Å². The summed E-state index contributed by atoms with van der Waals surface area (Å²) in [5.41, 5.74) is 2.05. The molecule has 0 bridgehead atoms. The molecule has 0 aliphatic carbocycles. The maximum Gasteiger partial charge on any atom is 0.292 e. The third-order valence-electron chi connectivity index (χ3n) is 5.17. The molecular weight excluding hydrogens is 452 g/mol. The van der Waals surface area contributed by atoms with E-state index in [0.29, 0.717) is 37.3 Å². The van der Waals surface area contributed by atoms with Gasteiger partial charge in [0.05, 0.1) is 16.3 Å². The van der Waals surface area contributed by atoms with Crippen molar-refractivity contribution in [2.24, 2.45) is 5.92 Å². The van der Waals surface area contributed by atoms with Gasteiger partial charge in [0, 0.05) is 29.5 Å². The molecule has 1 N–H and O–H groups in total. The van der Waals surface area contributed by atoms with E-state index in [4.69, 9.17) is 0 Å². The first-order valence-corrected chi connectivity index (χ1v) is 10.3. The number of piperidine rings is 1. The first-order chi connectivity index (χ1) is 14.5. The second kappa shape index (κ2) is 8.62. The van der Waals surface area contributed by atoms with Crippen LogP contribution in [0.25, 0.3) is 5.69 Å². The fourth-order valence-electron chi connectivity index (χ4n) is 3.64. The lowest BCUT2D eigenvalue weighted by molar-refractivity contribution is -0.384. The van der Waals surface area contributed by atoms with Crippen molar-refractivity contribution in [3.8, 4) is 5.69 Å². The maximum absolute atomic E-state index is 12.9. The van der Waals surface area contributed by atoms with Crippen LogP contribution in [0, 0.1) is 16.0 Å². The predicted octanol–water partition coefficient (Wildman–Crippen LogP) is 3.79. The number of para-hydroxylation sites is 2. The van der Waals surface area contributed by atoms with Crippen molar-refractivity contribution in [1.29, 1.82) is 0 Å². The summed E-state index contributed by atoms with van der Waals surface area (Å²) >= 11 is 3.44. The van der Waals surface area contributed by atoms with Crippen LogP contribution in [0.4, 0.5) is 17.1 Å². The lowest BCUT2D eigenvalue weighted by Crippen LogP contribution is -2.38. The largest absolute Gasteiger partial charge is 0.366 e. The Labute approximate surface area is 181 Å². The molecule has 1 fully saturated rings. The van der Waals surface area contributed by atoms with Gasteiger partial charge >= 0.3 is 0 Å². The third-order valence-corrected chi connectivity index (χ3v) is 5.66. The Bertz CT molecular complexity index is 1060. The number of benzene rings is 2. The number of nitro groups is 1. The van der Waals surface area contributed by atoms with Gasteiger partial charge in [-0.1, -0.05) is 28.1 Å². The Morgan fingerprint density at radius 2 is 1.93 bits per heavy atom. The molecule has 1 aliphatic rings. The van der Waals surface area contributed by atoms with E-state index in [1.165, 1.54) is 12.4 Å². The average Bonchev–Trinajstić information content (AvgIpc) is 3.28. The van der Waals surface area contributed by atoms with E-state index in [2.05, 4.69) is 31.3 Å². The van der Waals surface area contributed by atoms with Gasteiger partial charge in [0.25, 0.3) is 5.69 Å². The fourth-order valence-corrected chi connectivity index (χ4v) is 4.01. The lowest BCUT2D eigenvalue weighted by atomic mass is 9.95. The van der Waals surface area contributed by atoms with E-state index in [1.54, 1.807) is 29.2 Å². The van der Waals surface area contributed by atoms with Crippen LogP contribution in [0.2, 0.25) is 0 Å². The first kappa shape index (κ1) is 20.0. The minimum Gasteiger partial charge on any atom is -0.366 e. The quantitative estimate of drug-likeness (QED) is 0.448. The molecule has 10 heteroatoms. The minimum atomic E-state index is -0.368. The highest BCUT2D eigenvalue weighted by atomic mass is 79.9. The van der Waals surface area contributed by atoms with Crippen molar-refractivity contribution in [2.75, 3.05) is 23.3 Å². The number of aromatic nitrogens is 3. The highest BCUT2D eigenvalue weighted by Gasteiger charge is 2.28. The summed E-state index contributed by atoms with van der Waals surface area (Å²) in [5.74, 6) is -0.247. The molecule has 3 aromatic rings. The Kier molecular flexibility index (Phi) is 5.75. The smallest absolute Gasteiger partial charge is 0.292 e. The second-order valence-corrected chi connectivity index (χ2v) is 7.91. The number of nitrogens with one attached hydrogen (secondary N) is 1. The molecule has 30 heavy (non-hydrogen) atoms. The summed E-state index contributed by atoms with van der Waals surface area (Å²) in [5, 5.41) is 18.4. The number of hydrogen-bond acceptors (Lipinski definition) is 6. The number of carbonyl (C=O) groups is 1. The molecule has 1 aliphatic heterocycles. The zero-order valence-electron chi connectivity index (χ0n) is 15.9. The number of halogens is 1. The van der Waals surface area contributed by atoms with Crippen molar-refractivity contribution in [1.82, 2.24) is 14.8 Å². The van der Waals surface area contributed by atoms with Gasteiger partial charge in [0.2, 0.25) is 5.91 Å². The van der Waals surface area contributed by atoms with Crippen molar-refractivity contribution in [3.05, 3.63) is 69.7 Å². The molecule has 0 spiro atoms. The Morgan fingerprint density at radius 3 is 2.63 bits per heavy atom. The molecule has 1 saturated heterocycles. The number of hydrogen-bond donors (Lipinski definition) is 1. The zero-order valence-corrected chi connectivity index (χ0v) is 17.5. The number of rotatable bonds is 5. The van der Waals surface area contributed by atoms with Gasteiger partial charge in [-0.15, -0.1) is 0 Å². The second-order valence-electron chi connectivity index (χ2n) is 7.00. The monoisotopic (exact) mass is 470 g/mol. The molecular formula is C20H19BrN6O3. The van der Waals surface area contributed by atoms with Crippen LogP contribution in [-0.2, 0) is 4.79 Å². The Morgan fingerprint density at radius 1 is 1.17 bits per heavy atom. The van der Waals surface area contributed by atoms with Gasteiger partial charge in [-0.3, -0.25) is 14.9 Å². The Balaban J connectivity index is 1.45. The lowest BCUT2D eigenvalue weighted by Gasteiger charge is -2.32. The van der Waals surface area contributed by atoms with E-state index < -0.39 is 0 Å². The van der Waals surface area contributed by atoms with Crippen LogP contribution in [0.15, 0.2) is 59.6 Å². The van der Waals surface area contributed by atoms with Gasteiger partial charge in [0.15, 0.2) is 0 Å². The topological polar surface area (TPSA) is 106 Å². The van der Waals surface area contributed by atoms with E-state index >= 15 is 0 Å². The number of nitro benzene ring substituents is 1. The average molecular weight is 471 g/mol. The molecule has 0 radical (unpaired) electrons. The summed E-state index contributed by atoms with van der Waals surface area (Å²) in [6, 6.07) is 12.3. The summed E-state index contributed by atoms with van der Waals surface area (Å²) in [6.45, 7) is 1.16. The van der Waals surface area contributed by atoms with Gasteiger partial charge in [-0.05, 0) is 37.1 Å². The van der Waals surface area contributed by atoms with Gasteiger partial charge in [-0.2, -0.15) is 5.10 Å². The maximum atomic E-state index is 12.9. The van der Waals surface area contributed by atoms with Crippen LogP contribution in [0.5, 0.6) is 0 Å². The van der Waals surface area contributed by atoms with Crippen LogP contribution in [-0.4, -0.2) is 38.7 Å². The normalized spacial score (nSPS) is 14.5. The SMILES string of the molecule is O=C(Nc1cc(Br)ccc1-n1cncn1)C1CCN(c2ccccc2[N+](=O)[O-])CC1. The summed E-state index contributed by atoms with van der Waals surface area (Å²) in [7, 11) is 0. The van der Waals surface area contributed by atoms with E-state index in [0.717, 1.165) is 10.2 Å². The summed E-state index contributed by atoms with van der Waals surface area (Å²) in [6.07, 6.45) is 4.24. The molecule has 0 saturated carbocycles. The first-order valence-electron chi connectivity index (χ1n) is 9.46. The van der Waals surface area contributed by atoms with Crippen LogP contribution in [0.3, 0.4) is 0 Å². The van der Waals surface area contributed by atoms with Crippen molar-refractivity contribution in [3.63, 3.8) is 0 Å². The molecule has 9 nitrogen and oxygen atoms in total. The molecule has 0 atom stereocenters. The van der Waals surface area contributed by atoms with Crippen molar-refractivity contribution >= 4 is 38.9 Å². The van der Waals surface area contributed by atoms with E-state index in [-0.39, 0.29) is 22.4 Å². The summed E-state index contributed by atoms with van der Waals surface area (Å²) < 4.78 is 2.44. The highest BCUT2D eigenvalue weighted by Crippen LogP contribution is 2.32.